The van der Waals surface area contributed by atoms with Gasteiger partial charge in [0.1, 0.15) is 12.1 Å². The first-order chi connectivity index (χ1) is 17.5. The number of hydrogen-bond acceptors (Lipinski definition) is 3. The molecule has 208 valence electrons. The molecule has 11 heteroatoms. The smallest absolute Gasteiger partial charge is 0.334 e. The molecule has 1 fully saturated rings. The van der Waals surface area contributed by atoms with E-state index in [9.17, 15) is 40.3 Å². The molecule has 1 aliphatic rings. The molecule has 0 aromatic heterocycles. The third kappa shape index (κ3) is 6.19. The summed E-state index contributed by atoms with van der Waals surface area (Å²) >= 11 is 0. The number of halogens is 7. The molecule has 38 heavy (non-hydrogen) atoms. The van der Waals surface area contributed by atoms with Gasteiger partial charge in [0.25, 0.3) is 0 Å². The molecule has 0 radical (unpaired) electrons. The highest BCUT2D eigenvalue weighted by Gasteiger charge is 2.45. The molecule has 1 aliphatic heterocycles. The molecule has 3 rings (SSSR count). The van der Waals surface area contributed by atoms with Gasteiger partial charge in [-0.2, -0.15) is 26.3 Å². The predicted octanol–water partition coefficient (Wildman–Crippen LogP) is 6.56. The van der Waals surface area contributed by atoms with Crippen LogP contribution in [0.1, 0.15) is 72.9 Å². The fraction of sp³-hybridized carbons (Fsp3) is 0.481. The highest BCUT2D eigenvalue weighted by atomic mass is 19.4. The van der Waals surface area contributed by atoms with Gasteiger partial charge in [-0.3, -0.25) is 4.79 Å². The molecule has 1 heterocycles. The van der Waals surface area contributed by atoms with Gasteiger partial charge < -0.3 is 15.4 Å². The second kappa shape index (κ2) is 10.7. The maximum Gasteiger partial charge on any atom is 0.416 e. The van der Waals surface area contributed by atoms with Gasteiger partial charge in [-0.1, -0.05) is 13.0 Å². The molecule has 0 aliphatic carbocycles. The van der Waals surface area contributed by atoms with Crippen LogP contribution in [0.15, 0.2) is 36.4 Å². The number of carbonyl (C=O) groups excluding carboxylic acids is 2. The summed E-state index contributed by atoms with van der Waals surface area (Å²) in [5.74, 6) is -2.45. The lowest BCUT2D eigenvalue weighted by Crippen LogP contribution is -2.58. The minimum absolute atomic E-state index is 0.0249. The number of nitrogens with zero attached hydrogens (tertiary/aromatic N) is 1. The average molecular weight is 547 g/mol. The number of nitrogens with two attached hydrogens (primary N) is 1. The zero-order valence-corrected chi connectivity index (χ0v) is 21.1. The van der Waals surface area contributed by atoms with Crippen LogP contribution >= 0.6 is 0 Å². The van der Waals surface area contributed by atoms with Crippen LogP contribution < -0.4 is 5.73 Å². The van der Waals surface area contributed by atoms with E-state index in [1.165, 1.54) is 36.9 Å². The average Bonchev–Trinajstić information content (AvgIpc) is 2.82. The molecule has 1 unspecified atom stereocenters. The quantitative estimate of drug-likeness (QED) is 0.330. The first-order valence-electron chi connectivity index (χ1n) is 12.1. The minimum atomic E-state index is -5.05. The van der Waals surface area contributed by atoms with Crippen LogP contribution in [-0.4, -0.2) is 29.2 Å². The lowest BCUT2D eigenvalue weighted by molar-refractivity contribution is -0.143. The first kappa shape index (κ1) is 29.6. The fourth-order valence-corrected chi connectivity index (χ4v) is 5.01. The van der Waals surface area contributed by atoms with Crippen molar-refractivity contribution >= 4 is 12.2 Å². The zero-order valence-electron chi connectivity index (χ0n) is 21.1. The van der Waals surface area contributed by atoms with E-state index in [1.807, 2.05) is 0 Å². The molecule has 4 nitrogen and oxygen atoms in total. The number of aryl methyl sites for hydroxylation is 1. The second-order valence-corrected chi connectivity index (χ2v) is 10.2. The molecular formula is C27H29F7N2O2. The number of carbonyl (C=O) groups is 2. The molecule has 2 aromatic rings. The number of likely N-dealkylation sites (tertiary alicyclic amines) is 1. The van der Waals surface area contributed by atoms with E-state index < -0.39 is 52.7 Å². The maximum atomic E-state index is 13.8. The van der Waals surface area contributed by atoms with Crippen molar-refractivity contribution in [3.05, 3.63) is 70.0 Å². The standard InChI is InChI=1S/C27H29F7N2O2/c1-15-10-21(28)4-5-22(15)23-11-17(7-9-37)6-8-36(23)24(38)25(3,35)16(2)18-12-19(26(29,30)31)14-20(13-18)27(32,33)34/h4-5,9-10,12-14,16-17,23H,6-8,11,35H2,1-3H3/t16-,17-,23-,25?/m1/s1. The summed E-state index contributed by atoms with van der Waals surface area (Å²) in [6, 6.07) is 4.64. The van der Waals surface area contributed by atoms with Gasteiger partial charge in [0.2, 0.25) is 5.91 Å². The number of piperidine rings is 1. The summed E-state index contributed by atoms with van der Waals surface area (Å²) in [5, 5.41) is 0. The van der Waals surface area contributed by atoms with Crippen LogP contribution in [0, 0.1) is 18.7 Å². The number of hydrogen-bond donors (Lipinski definition) is 1. The minimum Gasteiger partial charge on any atom is -0.334 e. The van der Waals surface area contributed by atoms with E-state index in [0.717, 1.165) is 6.29 Å². The topological polar surface area (TPSA) is 63.4 Å². The van der Waals surface area contributed by atoms with Gasteiger partial charge in [0, 0.05) is 18.9 Å². The Hall–Kier alpha value is -2.95. The molecular weight excluding hydrogens is 517 g/mol. The summed E-state index contributed by atoms with van der Waals surface area (Å²) in [6.45, 7) is 4.41. The number of amides is 1. The van der Waals surface area contributed by atoms with Crippen LogP contribution in [0.4, 0.5) is 30.7 Å². The SMILES string of the molecule is Cc1cc(F)ccc1[C@H]1C[C@@H](CC=O)CCN1C(=O)C(C)(N)[C@H](C)c1cc(C(F)(F)F)cc(C(F)(F)F)c1. The number of rotatable bonds is 6. The van der Waals surface area contributed by atoms with Gasteiger partial charge >= 0.3 is 12.4 Å². The molecule has 0 spiro atoms. The van der Waals surface area contributed by atoms with E-state index in [2.05, 4.69) is 0 Å². The van der Waals surface area contributed by atoms with Crippen molar-refractivity contribution in [3.63, 3.8) is 0 Å². The molecule has 0 saturated carbocycles. The molecule has 1 saturated heterocycles. The largest absolute Gasteiger partial charge is 0.416 e. The van der Waals surface area contributed by atoms with Crippen molar-refractivity contribution in [3.8, 4) is 0 Å². The van der Waals surface area contributed by atoms with Crippen LogP contribution in [0.25, 0.3) is 0 Å². The zero-order chi connectivity index (χ0) is 28.6. The van der Waals surface area contributed by atoms with Gasteiger partial charge in [0.05, 0.1) is 22.7 Å². The predicted molar refractivity (Wildman–Crippen MR) is 126 cm³/mol. The van der Waals surface area contributed by atoms with Crippen molar-refractivity contribution in [2.24, 2.45) is 11.7 Å². The normalized spacial score (nSPS) is 21.1. The van der Waals surface area contributed by atoms with Crippen molar-refractivity contribution < 1.29 is 40.3 Å². The van der Waals surface area contributed by atoms with Crippen LogP contribution in [0.2, 0.25) is 0 Å². The summed E-state index contributed by atoms with van der Waals surface area (Å²) in [5.41, 5.74) is 2.33. The van der Waals surface area contributed by atoms with Crippen molar-refractivity contribution in [2.75, 3.05) is 6.54 Å². The van der Waals surface area contributed by atoms with Crippen molar-refractivity contribution in [1.29, 1.82) is 0 Å². The van der Waals surface area contributed by atoms with E-state index in [4.69, 9.17) is 5.73 Å². The Morgan fingerprint density at radius 2 is 1.66 bits per heavy atom. The van der Waals surface area contributed by atoms with Gasteiger partial charge in [0.15, 0.2) is 0 Å². The molecule has 1 amide bonds. The molecule has 2 N–H and O–H groups in total. The number of benzene rings is 2. The van der Waals surface area contributed by atoms with E-state index in [-0.39, 0.29) is 30.5 Å². The Balaban J connectivity index is 2.03. The summed E-state index contributed by atoms with van der Waals surface area (Å²) in [4.78, 5) is 26.4. The summed E-state index contributed by atoms with van der Waals surface area (Å²) in [6.07, 6.45) is -8.25. The van der Waals surface area contributed by atoms with E-state index in [1.54, 1.807) is 6.92 Å². The molecule has 4 atom stereocenters. The number of aldehydes is 1. The third-order valence-electron chi connectivity index (χ3n) is 7.46. The second-order valence-electron chi connectivity index (χ2n) is 10.2. The Labute approximate surface area is 216 Å². The van der Waals surface area contributed by atoms with E-state index in [0.29, 0.717) is 36.1 Å². The van der Waals surface area contributed by atoms with Crippen LogP contribution in [0.3, 0.4) is 0 Å². The fourth-order valence-electron chi connectivity index (χ4n) is 5.01. The number of alkyl halides is 6. The molecule has 2 aromatic carbocycles. The van der Waals surface area contributed by atoms with Gasteiger partial charge in [-0.15, -0.1) is 0 Å². The Morgan fingerprint density at radius 3 is 2.16 bits per heavy atom. The Morgan fingerprint density at radius 1 is 1.08 bits per heavy atom. The highest BCUT2D eigenvalue weighted by molar-refractivity contribution is 5.87. The van der Waals surface area contributed by atoms with Gasteiger partial charge in [-0.05, 0) is 79.6 Å². The van der Waals surface area contributed by atoms with Crippen molar-refractivity contribution in [2.45, 2.75) is 69.9 Å². The monoisotopic (exact) mass is 546 g/mol. The Kier molecular flexibility index (Phi) is 8.31. The van der Waals surface area contributed by atoms with Crippen LogP contribution in [-0.2, 0) is 21.9 Å². The first-order valence-corrected chi connectivity index (χ1v) is 12.1. The van der Waals surface area contributed by atoms with Crippen molar-refractivity contribution in [1.82, 2.24) is 4.90 Å². The lowest BCUT2D eigenvalue weighted by Gasteiger charge is -2.44. The van der Waals surface area contributed by atoms with E-state index >= 15 is 0 Å². The van der Waals surface area contributed by atoms with Gasteiger partial charge in [-0.25, -0.2) is 4.39 Å². The Bertz CT molecular complexity index is 1160. The summed E-state index contributed by atoms with van der Waals surface area (Å²) < 4.78 is 94.3. The van der Waals surface area contributed by atoms with Crippen LogP contribution in [0.5, 0.6) is 0 Å². The maximum absolute atomic E-state index is 13.8. The highest BCUT2D eigenvalue weighted by Crippen LogP contribution is 2.42. The lowest BCUT2D eigenvalue weighted by atomic mass is 9.78. The summed E-state index contributed by atoms with van der Waals surface area (Å²) in [7, 11) is 0. The third-order valence-corrected chi connectivity index (χ3v) is 7.46. The molecule has 0 bridgehead atoms.